The molecule has 2 heterocycles. The first-order chi connectivity index (χ1) is 16.8. The van der Waals surface area contributed by atoms with E-state index in [1.165, 1.54) is 37.8 Å². The molecule has 7 heteroatoms. The second-order valence-corrected chi connectivity index (χ2v) is 9.52. The van der Waals surface area contributed by atoms with Gasteiger partial charge in [0.15, 0.2) is 11.6 Å². The fourth-order valence-corrected chi connectivity index (χ4v) is 4.86. The van der Waals surface area contributed by atoms with Crippen LogP contribution >= 0.6 is 11.6 Å². The van der Waals surface area contributed by atoms with Crippen molar-refractivity contribution >= 4 is 28.8 Å². The van der Waals surface area contributed by atoms with E-state index in [0.29, 0.717) is 22.6 Å². The van der Waals surface area contributed by atoms with Crippen molar-refractivity contribution in [1.82, 2.24) is 15.3 Å². The maximum Gasteiger partial charge on any atom is 0.161 e. The van der Waals surface area contributed by atoms with Crippen LogP contribution in [0.4, 0.5) is 17.2 Å². The van der Waals surface area contributed by atoms with E-state index in [-0.39, 0.29) is 0 Å². The van der Waals surface area contributed by atoms with E-state index < -0.39 is 0 Å². The minimum atomic E-state index is 0.476. The van der Waals surface area contributed by atoms with Gasteiger partial charge in [-0.15, -0.1) is 0 Å². The SMILES string of the molecule is Clc1cnc(-c2ccccc2)nc1Nc1ccc(N2CCNCC2)cc1OCC1CCCCC1. The third-order valence-corrected chi connectivity index (χ3v) is 6.95. The molecule has 2 aliphatic rings. The molecular weight excluding hydrogens is 446 g/mol. The number of piperazine rings is 1. The van der Waals surface area contributed by atoms with Crippen molar-refractivity contribution in [3.05, 3.63) is 59.8 Å². The van der Waals surface area contributed by atoms with Gasteiger partial charge in [0.25, 0.3) is 0 Å². The second kappa shape index (κ2) is 11.1. The van der Waals surface area contributed by atoms with Gasteiger partial charge in [-0.2, -0.15) is 0 Å². The summed E-state index contributed by atoms with van der Waals surface area (Å²) in [5, 5.41) is 7.33. The lowest BCUT2D eigenvalue weighted by molar-refractivity contribution is 0.209. The first-order valence-electron chi connectivity index (χ1n) is 12.3. The normalized spacial score (nSPS) is 16.9. The van der Waals surface area contributed by atoms with Crippen LogP contribution in [0.1, 0.15) is 32.1 Å². The minimum Gasteiger partial charge on any atom is -0.491 e. The molecule has 1 saturated heterocycles. The van der Waals surface area contributed by atoms with Crippen molar-refractivity contribution in [2.45, 2.75) is 32.1 Å². The molecule has 0 bridgehead atoms. The molecule has 2 aromatic carbocycles. The van der Waals surface area contributed by atoms with Gasteiger partial charge < -0.3 is 20.3 Å². The molecular formula is C27H32ClN5O. The summed E-state index contributed by atoms with van der Waals surface area (Å²) in [4.78, 5) is 11.5. The number of halogens is 1. The quantitative estimate of drug-likeness (QED) is 0.441. The van der Waals surface area contributed by atoms with Crippen LogP contribution in [0.5, 0.6) is 5.75 Å². The zero-order valence-electron chi connectivity index (χ0n) is 19.5. The highest BCUT2D eigenvalue weighted by atomic mass is 35.5. The number of nitrogens with one attached hydrogen (secondary N) is 2. The Bertz CT molecular complexity index is 1080. The van der Waals surface area contributed by atoms with E-state index in [9.17, 15) is 0 Å². The van der Waals surface area contributed by atoms with Crippen molar-refractivity contribution in [3.8, 4) is 17.1 Å². The van der Waals surface area contributed by atoms with Crippen molar-refractivity contribution in [1.29, 1.82) is 0 Å². The van der Waals surface area contributed by atoms with Crippen molar-refractivity contribution in [3.63, 3.8) is 0 Å². The Balaban J connectivity index is 1.41. The predicted molar refractivity (Wildman–Crippen MR) is 139 cm³/mol. The van der Waals surface area contributed by atoms with Crippen LogP contribution in [0.25, 0.3) is 11.4 Å². The van der Waals surface area contributed by atoms with Crippen LogP contribution in [0.2, 0.25) is 5.02 Å². The molecule has 0 unspecified atom stereocenters. The van der Waals surface area contributed by atoms with E-state index in [2.05, 4.69) is 38.7 Å². The average molecular weight is 478 g/mol. The summed E-state index contributed by atoms with van der Waals surface area (Å²) in [6.07, 6.45) is 8.10. The highest BCUT2D eigenvalue weighted by Crippen LogP contribution is 2.35. The summed E-state index contributed by atoms with van der Waals surface area (Å²) in [7, 11) is 0. The van der Waals surface area contributed by atoms with Gasteiger partial charge in [0.1, 0.15) is 10.8 Å². The Morgan fingerprint density at radius 2 is 1.82 bits per heavy atom. The molecule has 178 valence electrons. The van der Waals surface area contributed by atoms with E-state index in [1.807, 2.05) is 30.3 Å². The van der Waals surface area contributed by atoms with Crippen LogP contribution in [0.15, 0.2) is 54.7 Å². The van der Waals surface area contributed by atoms with Crippen molar-refractivity contribution < 1.29 is 4.74 Å². The van der Waals surface area contributed by atoms with Gasteiger partial charge in [-0.05, 0) is 30.9 Å². The zero-order chi connectivity index (χ0) is 23.2. The standard InChI is InChI=1S/C27H32ClN5O/c28-23-18-30-26(21-9-5-2-6-10-21)32-27(23)31-24-12-11-22(33-15-13-29-14-16-33)17-25(24)34-19-20-7-3-1-4-8-20/h2,5-6,9-12,17-18,20,29H,1,3-4,7-8,13-16,19H2,(H,30,31,32). The smallest absolute Gasteiger partial charge is 0.161 e. The van der Waals surface area contributed by atoms with Crippen LogP contribution in [-0.2, 0) is 0 Å². The lowest BCUT2D eigenvalue weighted by atomic mass is 9.90. The fraction of sp³-hybridized carbons (Fsp3) is 0.407. The molecule has 34 heavy (non-hydrogen) atoms. The number of aromatic nitrogens is 2. The Kier molecular flexibility index (Phi) is 7.46. The first kappa shape index (κ1) is 22.9. The van der Waals surface area contributed by atoms with E-state index in [4.69, 9.17) is 21.3 Å². The Morgan fingerprint density at radius 3 is 2.62 bits per heavy atom. The molecule has 1 aliphatic heterocycles. The number of benzene rings is 2. The summed E-state index contributed by atoms with van der Waals surface area (Å²) in [6, 6.07) is 16.3. The van der Waals surface area contributed by atoms with E-state index in [0.717, 1.165) is 49.8 Å². The highest BCUT2D eigenvalue weighted by molar-refractivity contribution is 6.33. The summed E-state index contributed by atoms with van der Waals surface area (Å²) in [6.45, 7) is 4.72. The van der Waals surface area contributed by atoms with Crippen LogP contribution in [0, 0.1) is 5.92 Å². The topological polar surface area (TPSA) is 62.3 Å². The van der Waals surface area contributed by atoms with Gasteiger partial charge in [0, 0.05) is 43.5 Å². The molecule has 0 atom stereocenters. The maximum absolute atomic E-state index is 6.49. The first-order valence-corrected chi connectivity index (χ1v) is 12.7. The molecule has 0 radical (unpaired) electrons. The molecule has 2 fully saturated rings. The third-order valence-electron chi connectivity index (χ3n) is 6.68. The highest BCUT2D eigenvalue weighted by Gasteiger charge is 2.18. The Hall–Kier alpha value is -2.83. The Morgan fingerprint density at radius 1 is 1.03 bits per heavy atom. The number of rotatable bonds is 7. The van der Waals surface area contributed by atoms with Crippen molar-refractivity contribution in [2.24, 2.45) is 5.92 Å². The molecule has 6 nitrogen and oxygen atoms in total. The lowest BCUT2D eigenvalue weighted by Crippen LogP contribution is -2.43. The maximum atomic E-state index is 6.49. The van der Waals surface area contributed by atoms with Gasteiger partial charge in [-0.1, -0.05) is 61.2 Å². The van der Waals surface area contributed by atoms with Crippen LogP contribution in [-0.4, -0.2) is 42.8 Å². The molecule has 1 saturated carbocycles. The van der Waals surface area contributed by atoms with Crippen LogP contribution in [0.3, 0.4) is 0 Å². The third kappa shape index (κ3) is 5.62. The molecule has 3 aromatic rings. The number of hydrogen-bond acceptors (Lipinski definition) is 6. The second-order valence-electron chi connectivity index (χ2n) is 9.11. The van der Waals surface area contributed by atoms with E-state index >= 15 is 0 Å². The number of nitrogens with zero attached hydrogens (tertiary/aromatic N) is 3. The summed E-state index contributed by atoms with van der Waals surface area (Å²) >= 11 is 6.49. The van der Waals surface area contributed by atoms with Gasteiger partial charge in [0.05, 0.1) is 18.5 Å². The molecule has 2 N–H and O–H groups in total. The summed E-state index contributed by atoms with van der Waals surface area (Å²) in [5.41, 5.74) is 3.00. The summed E-state index contributed by atoms with van der Waals surface area (Å²) < 4.78 is 6.44. The van der Waals surface area contributed by atoms with Crippen LogP contribution < -0.4 is 20.3 Å². The Labute approximate surface area is 206 Å². The zero-order valence-corrected chi connectivity index (χ0v) is 20.2. The fourth-order valence-electron chi connectivity index (χ4n) is 4.72. The van der Waals surface area contributed by atoms with E-state index in [1.54, 1.807) is 6.20 Å². The predicted octanol–water partition coefficient (Wildman–Crippen LogP) is 5.91. The average Bonchev–Trinajstić information content (AvgIpc) is 2.91. The van der Waals surface area contributed by atoms with Crippen molar-refractivity contribution in [2.75, 3.05) is 43.0 Å². The molecule has 5 rings (SSSR count). The van der Waals surface area contributed by atoms with Gasteiger partial charge in [0.2, 0.25) is 0 Å². The molecule has 0 spiro atoms. The van der Waals surface area contributed by atoms with Gasteiger partial charge in [-0.25, -0.2) is 9.97 Å². The number of ether oxygens (including phenoxy) is 1. The minimum absolute atomic E-state index is 0.476. The van der Waals surface area contributed by atoms with Gasteiger partial charge in [-0.3, -0.25) is 0 Å². The lowest BCUT2D eigenvalue weighted by Gasteiger charge is -2.30. The number of anilines is 3. The largest absolute Gasteiger partial charge is 0.491 e. The molecule has 1 aromatic heterocycles. The number of hydrogen-bond donors (Lipinski definition) is 2. The summed E-state index contributed by atoms with van der Waals surface area (Å²) in [5.74, 6) is 2.68. The molecule has 1 aliphatic carbocycles. The van der Waals surface area contributed by atoms with Gasteiger partial charge >= 0.3 is 0 Å². The molecule has 0 amide bonds. The monoisotopic (exact) mass is 477 g/mol.